The maximum atomic E-state index is 13.0. The average Bonchev–Trinajstić information content (AvgIpc) is 3.04. The van der Waals surface area contributed by atoms with Crippen LogP contribution in [0.15, 0.2) is 18.3 Å². The van der Waals surface area contributed by atoms with E-state index in [1.807, 2.05) is 17.0 Å². The van der Waals surface area contributed by atoms with Crippen LogP contribution in [-0.2, 0) is 4.79 Å². The van der Waals surface area contributed by atoms with E-state index in [-0.39, 0.29) is 17.9 Å². The molecular formula is C20H30N4O2. The smallest absolute Gasteiger partial charge is 0.257 e. The minimum absolute atomic E-state index is 0.00332. The van der Waals surface area contributed by atoms with Gasteiger partial charge in [0.25, 0.3) is 5.91 Å². The number of nitrogens with one attached hydrogen (secondary N) is 1. The largest absolute Gasteiger partial charge is 0.354 e. The highest BCUT2D eigenvalue weighted by Crippen LogP contribution is 2.29. The van der Waals surface area contributed by atoms with Gasteiger partial charge in [0.2, 0.25) is 5.91 Å². The van der Waals surface area contributed by atoms with Gasteiger partial charge in [0.15, 0.2) is 0 Å². The van der Waals surface area contributed by atoms with Crippen molar-refractivity contribution in [2.24, 2.45) is 5.92 Å². The second kappa shape index (κ2) is 8.52. The van der Waals surface area contributed by atoms with Gasteiger partial charge in [-0.3, -0.25) is 9.59 Å². The summed E-state index contributed by atoms with van der Waals surface area (Å²) in [5, 5.41) is 3.08. The van der Waals surface area contributed by atoms with Crippen molar-refractivity contribution in [2.45, 2.75) is 52.0 Å². The van der Waals surface area contributed by atoms with Crippen LogP contribution in [-0.4, -0.2) is 53.9 Å². The summed E-state index contributed by atoms with van der Waals surface area (Å²) in [5.41, 5.74) is 0.688. The topological polar surface area (TPSA) is 65.5 Å². The lowest BCUT2D eigenvalue weighted by molar-refractivity contribution is -0.119. The van der Waals surface area contributed by atoms with E-state index in [2.05, 4.69) is 22.1 Å². The molecule has 2 aliphatic heterocycles. The molecule has 1 aromatic rings. The van der Waals surface area contributed by atoms with Crippen LogP contribution < -0.4 is 10.2 Å². The van der Waals surface area contributed by atoms with Gasteiger partial charge in [-0.15, -0.1) is 0 Å². The summed E-state index contributed by atoms with van der Waals surface area (Å²) in [6, 6.07) is 3.85. The fourth-order valence-electron chi connectivity index (χ4n) is 4.22. The molecule has 2 fully saturated rings. The maximum Gasteiger partial charge on any atom is 0.257 e. The van der Waals surface area contributed by atoms with Crippen molar-refractivity contribution in [1.29, 1.82) is 0 Å². The summed E-state index contributed by atoms with van der Waals surface area (Å²) in [4.78, 5) is 33.3. The third kappa shape index (κ3) is 4.17. The number of anilines is 1. The van der Waals surface area contributed by atoms with E-state index < -0.39 is 0 Å². The number of pyridine rings is 1. The minimum atomic E-state index is 0.00332. The summed E-state index contributed by atoms with van der Waals surface area (Å²) in [5.74, 6) is 1.24. The van der Waals surface area contributed by atoms with Crippen LogP contribution in [0.3, 0.4) is 0 Å². The number of amides is 2. The lowest BCUT2D eigenvalue weighted by Gasteiger charge is -2.28. The van der Waals surface area contributed by atoms with Crippen LogP contribution in [0.25, 0.3) is 0 Å². The fourth-order valence-corrected chi connectivity index (χ4v) is 4.22. The maximum absolute atomic E-state index is 13.0. The molecule has 142 valence electrons. The Balaban J connectivity index is 1.80. The SMILES string of the molecule is CCC[C@@H]1CN(c2ncccc2C(=O)N2CCCCC2)C[C@H]1NC(C)=O. The molecule has 2 aliphatic rings. The van der Waals surface area contributed by atoms with Crippen LogP contribution in [0.4, 0.5) is 5.82 Å². The number of aromatic nitrogens is 1. The molecular weight excluding hydrogens is 328 g/mol. The summed E-state index contributed by atoms with van der Waals surface area (Å²) in [6.07, 6.45) is 7.25. The highest BCUT2D eigenvalue weighted by atomic mass is 16.2. The Kier molecular flexibility index (Phi) is 6.12. The number of hydrogen-bond donors (Lipinski definition) is 1. The van der Waals surface area contributed by atoms with E-state index in [0.29, 0.717) is 18.0 Å². The first-order chi connectivity index (χ1) is 12.6. The van der Waals surface area contributed by atoms with E-state index >= 15 is 0 Å². The van der Waals surface area contributed by atoms with Crippen LogP contribution >= 0.6 is 0 Å². The molecule has 6 heteroatoms. The molecule has 0 aromatic carbocycles. The van der Waals surface area contributed by atoms with Gasteiger partial charge >= 0.3 is 0 Å². The predicted molar refractivity (Wildman–Crippen MR) is 102 cm³/mol. The molecule has 1 aromatic heterocycles. The third-order valence-electron chi connectivity index (χ3n) is 5.45. The average molecular weight is 358 g/mol. The zero-order chi connectivity index (χ0) is 18.5. The fraction of sp³-hybridized carbons (Fsp3) is 0.650. The van der Waals surface area contributed by atoms with Gasteiger partial charge < -0.3 is 15.1 Å². The molecule has 0 bridgehead atoms. The lowest BCUT2D eigenvalue weighted by atomic mass is 9.98. The van der Waals surface area contributed by atoms with E-state index in [4.69, 9.17) is 0 Å². The first-order valence-electron chi connectivity index (χ1n) is 9.86. The number of hydrogen-bond acceptors (Lipinski definition) is 4. The highest BCUT2D eigenvalue weighted by Gasteiger charge is 2.35. The van der Waals surface area contributed by atoms with E-state index in [9.17, 15) is 9.59 Å². The van der Waals surface area contributed by atoms with Crippen LogP contribution in [0, 0.1) is 5.92 Å². The van der Waals surface area contributed by atoms with E-state index in [1.165, 1.54) is 6.42 Å². The van der Waals surface area contributed by atoms with Crippen molar-refractivity contribution in [3.8, 4) is 0 Å². The molecule has 6 nitrogen and oxygen atoms in total. The number of carbonyl (C=O) groups is 2. The van der Waals surface area contributed by atoms with Crippen LogP contribution in [0.1, 0.15) is 56.3 Å². The van der Waals surface area contributed by atoms with Crippen molar-refractivity contribution in [3.05, 3.63) is 23.9 Å². The Morgan fingerprint density at radius 1 is 1.23 bits per heavy atom. The molecule has 26 heavy (non-hydrogen) atoms. The highest BCUT2D eigenvalue weighted by molar-refractivity contribution is 5.99. The van der Waals surface area contributed by atoms with E-state index in [0.717, 1.165) is 51.1 Å². The van der Waals surface area contributed by atoms with Gasteiger partial charge in [-0.05, 0) is 43.7 Å². The van der Waals surface area contributed by atoms with Crippen molar-refractivity contribution in [1.82, 2.24) is 15.2 Å². The molecule has 3 rings (SSSR count). The second-order valence-corrected chi connectivity index (χ2v) is 7.49. The van der Waals surface area contributed by atoms with Gasteiger partial charge in [0, 0.05) is 39.3 Å². The number of rotatable bonds is 5. The second-order valence-electron chi connectivity index (χ2n) is 7.49. The number of likely N-dealkylation sites (tertiary alicyclic amines) is 1. The molecule has 0 radical (unpaired) electrons. The van der Waals surface area contributed by atoms with Crippen LogP contribution in [0.5, 0.6) is 0 Å². The molecule has 0 spiro atoms. The van der Waals surface area contributed by atoms with Crippen molar-refractivity contribution in [3.63, 3.8) is 0 Å². The Morgan fingerprint density at radius 3 is 2.69 bits per heavy atom. The lowest BCUT2D eigenvalue weighted by Crippen LogP contribution is -2.39. The molecule has 1 N–H and O–H groups in total. The van der Waals surface area contributed by atoms with Crippen molar-refractivity contribution in [2.75, 3.05) is 31.1 Å². The summed E-state index contributed by atoms with van der Waals surface area (Å²) >= 11 is 0. The van der Waals surface area contributed by atoms with Crippen molar-refractivity contribution < 1.29 is 9.59 Å². The summed E-state index contributed by atoms with van der Waals surface area (Å²) in [7, 11) is 0. The molecule has 2 atom stereocenters. The Morgan fingerprint density at radius 2 is 2.00 bits per heavy atom. The van der Waals surface area contributed by atoms with Crippen LogP contribution in [0.2, 0.25) is 0 Å². The molecule has 0 saturated carbocycles. The third-order valence-corrected chi connectivity index (χ3v) is 5.45. The standard InChI is InChI=1S/C20H30N4O2/c1-3-8-16-13-24(14-18(16)22-15(2)25)19-17(9-7-10-21-19)20(26)23-11-5-4-6-12-23/h7,9-10,16,18H,3-6,8,11-14H2,1-2H3,(H,22,25)/t16-,18-/m1/s1. The van der Waals surface area contributed by atoms with Gasteiger partial charge in [-0.25, -0.2) is 4.98 Å². The Bertz CT molecular complexity index is 642. The van der Waals surface area contributed by atoms with Crippen molar-refractivity contribution >= 4 is 17.6 Å². The Labute approximate surface area is 156 Å². The molecule has 2 amide bonds. The summed E-state index contributed by atoms with van der Waals surface area (Å²) < 4.78 is 0. The number of piperidine rings is 1. The molecule has 0 unspecified atom stereocenters. The Hall–Kier alpha value is -2.11. The van der Waals surface area contributed by atoms with Gasteiger partial charge in [0.1, 0.15) is 5.82 Å². The molecule has 3 heterocycles. The molecule has 0 aliphatic carbocycles. The first-order valence-corrected chi connectivity index (χ1v) is 9.86. The van der Waals surface area contributed by atoms with Gasteiger partial charge in [-0.2, -0.15) is 0 Å². The molecule has 2 saturated heterocycles. The van der Waals surface area contributed by atoms with E-state index in [1.54, 1.807) is 13.1 Å². The predicted octanol–water partition coefficient (Wildman–Crippen LogP) is 2.45. The normalized spacial score (nSPS) is 23.2. The number of carbonyl (C=O) groups excluding carboxylic acids is 2. The first kappa shape index (κ1) is 18.7. The number of nitrogens with zero attached hydrogens (tertiary/aromatic N) is 3. The quantitative estimate of drug-likeness (QED) is 0.878. The monoisotopic (exact) mass is 358 g/mol. The summed E-state index contributed by atoms with van der Waals surface area (Å²) in [6.45, 7) is 6.94. The zero-order valence-electron chi connectivity index (χ0n) is 15.9. The van der Waals surface area contributed by atoms with Gasteiger partial charge in [-0.1, -0.05) is 13.3 Å². The minimum Gasteiger partial charge on any atom is -0.354 e. The zero-order valence-corrected chi connectivity index (χ0v) is 15.9. The van der Waals surface area contributed by atoms with Gasteiger partial charge in [0.05, 0.1) is 11.6 Å².